The Morgan fingerprint density at radius 1 is 1.00 bits per heavy atom. The molecule has 0 radical (unpaired) electrons. The molecule has 2 aromatic carbocycles. The van der Waals surface area contributed by atoms with E-state index in [0.29, 0.717) is 30.8 Å². The van der Waals surface area contributed by atoms with E-state index in [4.69, 9.17) is 11.6 Å². The van der Waals surface area contributed by atoms with Gasteiger partial charge in [0, 0.05) is 18.1 Å². The summed E-state index contributed by atoms with van der Waals surface area (Å²) in [6, 6.07) is 13.4. The van der Waals surface area contributed by atoms with Crippen LogP contribution in [0.5, 0.6) is 0 Å². The fraction of sp³-hybridized carbons (Fsp3) is 0.300. The Morgan fingerprint density at radius 2 is 1.69 bits per heavy atom. The highest BCUT2D eigenvalue weighted by Crippen LogP contribution is 2.46. The van der Waals surface area contributed by atoms with E-state index in [2.05, 4.69) is 10.6 Å². The first-order valence-corrected chi connectivity index (χ1v) is 8.93. The zero-order valence-corrected chi connectivity index (χ0v) is 15.0. The van der Waals surface area contributed by atoms with Crippen molar-refractivity contribution in [2.45, 2.75) is 25.8 Å². The molecule has 0 saturated heterocycles. The zero-order chi connectivity index (χ0) is 18.6. The van der Waals surface area contributed by atoms with Gasteiger partial charge in [-0.15, -0.1) is 0 Å². The van der Waals surface area contributed by atoms with Crippen molar-refractivity contribution < 1.29 is 14.0 Å². The predicted molar refractivity (Wildman–Crippen MR) is 98.1 cm³/mol. The molecular weight excluding hydrogens is 355 g/mol. The van der Waals surface area contributed by atoms with Crippen molar-refractivity contribution in [1.82, 2.24) is 10.6 Å². The summed E-state index contributed by atoms with van der Waals surface area (Å²) >= 11 is 5.94. The van der Waals surface area contributed by atoms with E-state index in [1.165, 1.54) is 12.1 Å². The van der Waals surface area contributed by atoms with Gasteiger partial charge in [-0.1, -0.05) is 35.9 Å². The molecule has 0 bridgehead atoms. The van der Waals surface area contributed by atoms with Crippen molar-refractivity contribution in [3.63, 3.8) is 0 Å². The van der Waals surface area contributed by atoms with Gasteiger partial charge in [0.05, 0.1) is 0 Å². The van der Waals surface area contributed by atoms with Crippen LogP contribution in [0.3, 0.4) is 0 Å². The van der Waals surface area contributed by atoms with Gasteiger partial charge in [0.2, 0.25) is 11.8 Å². The Hall–Kier alpha value is -2.40. The van der Waals surface area contributed by atoms with Gasteiger partial charge >= 0.3 is 0 Å². The zero-order valence-electron chi connectivity index (χ0n) is 14.2. The van der Waals surface area contributed by atoms with Crippen molar-refractivity contribution in [1.29, 1.82) is 0 Å². The van der Waals surface area contributed by atoms with Crippen LogP contribution in [0.15, 0.2) is 48.5 Å². The smallest absolute Gasteiger partial charge is 0.235 e. The number of hydrogen-bond acceptors (Lipinski definition) is 2. The summed E-state index contributed by atoms with van der Waals surface area (Å²) < 4.78 is 12.9. The Labute approximate surface area is 156 Å². The van der Waals surface area contributed by atoms with Gasteiger partial charge in [-0.05, 0) is 54.7 Å². The van der Waals surface area contributed by atoms with Gasteiger partial charge < -0.3 is 10.6 Å². The van der Waals surface area contributed by atoms with Crippen LogP contribution in [0.1, 0.15) is 24.0 Å². The van der Waals surface area contributed by atoms with E-state index >= 15 is 0 Å². The molecule has 0 aliphatic heterocycles. The summed E-state index contributed by atoms with van der Waals surface area (Å²) in [4.78, 5) is 24.9. The molecule has 0 atom stereocenters. The first-order chi connectivity index (χ1) is 12.5. The Morgan fingerprint density at radius 3 is 2.35 bits per heavy atom. The minimum Gasteiger partial charge on any atom is -0.355 e. The first-order valence-electron chi connectivity index (χ1n) is 8.55. The first kappa shape index (κ1) is 18.4. The van der Waals surface area contributed by atoms with Crippen molar-refractivity contribution in [2.24, 2.45) is 5.41 Å². The highest BCUT2D eigenvalue weighted by Gasteiger charge is 2.56. The number of amides is 2. The van der Waals surface area contributed by atoms with Crippen molar-refractivity contribution in [3.8, 4) is 0 Å². The number of rotatable bonds is 7. The van der Waals surface area contributed by atoms with Gasteiger partial charge in [0.15, 0.2) is 0 Å². The average Bonchev–Trinajstić information content (AvgIpc) is 3.43. The fourth-order valence-corrected chi connectivity index (χ4v) is 3.03. The second-order valence-electron chi connectivity index (χ2n) is 6.53. The van der Waals surface area contributed by atoms with Gasteiger partial charge in [0.1, 0.15) is 11.2 Å². The van der Waals surface area contributed by atoms with E-state index in [0.717, 1.165) is 11.1 Å². The minimum atomic E-state index is -0.964. The molecule has 0 heterocycles. The maximum Gasteiger partial charge on any atom is 0.235 e. The average molecular weight is 375 g/mol. The van der Waals surface area contributed by atoms with Crippen molar-refractivity contribution in [2.75, 3.05) is 6.54 Å². The molecular formula is C20H20ClFN2O2. The summed E-state index contributed by atoms with van der Waals surface area (Å²) in [6.45, 7) is 0.725. The van der Waals surface area contributed by atoms with E-state index in [9.17, 15) is 14.0 Å². The summed E-state index contributed by atoms with van der Waals surface area (Å²) in [5, 5.41) is 6.29. The van der Waals surface area contributed by atoms with Gasteiger partial charge in [-0.2, -0.15) is 0 Å². The number of benzene rings is 2. The third kappa shape index (κ3) is 4.41. The van der Waals surface area contributed by atoms with Gasteiger partial charge in [0.25, 0.3) is 0 Å². The molecule has 1 aliphatic rings. The summed E-state index contributed by atoms with van der Waals surface area (Å²) in [5.41, 5.74) is 0.856. The Kier molecular flexibility index (Phi) is 5.57. The quantitative estimate of drug-likeness (QED) is 0.731. The SMILES string of the molecule is O=C(NCCc1cccc(Cl)c1)C1(C(=O)NCc2ccc(F)cc2)CC1. The molecule has 1 saturated carbocycles. The highest BCUT2D eigenvalue weighted by molar-refractivity contribution is 6.30. The molecule has 0 aromatic heterocycles. The van der Waals surface area contributed by atoms with Crippen molar-refractivity contribution >= 4 is 23.4 Å². The highest BCUT2D eigenvalue weighted by atomic mass is 35.5. The lowest BCUT2D eigenvalue weighted by atomic mass is 10.0. The normalized spacial score (nSPS) is 14.5. The second kappa shape index (κ2) is 7.87. The largest absolute Gasteiger partial charge is 0.355 e. The van der Waals surface area contributed by atoms with E-state index < -0.39 is 5.41 Å². The minimum absolute atomic E-state index is 0.240. The van der Waals surface area contributed by atoms with Gasteiger partial charge in [-0.3, -0.25) is 9.59 Å². The molecule has 3 rings (SSSR count). The van der Waals surface area contributed by atoms with Crippen LogP contribution < -0.4 is 10.6 Å². The van der Waals surface area contributed by atoms with E-state index in [1.54, 1.807) is 18.2 Å². The van der Waals surface area contributed by atoms with Crippen LogP contribution in [-0.4, -0.2) is 18.4 Å². The predicted octanol–water partition coefficient (Wildman–Crippen LogP) is 3.23. The van der Waals surface area contributed by atoms with E-state index in [1.807, 2.05) is 18.2 Å². The molecule has 26 heavy (non-hydrogen) atoms. The summed E-state index contributed by atoms with van der Waals surface area (Å²) in [5.74, 6) is -0.837. The molecule has 6 heteroatoms. The second-order valence-corrected chi connectivity index (χ2v) is 6.96. The molecule has 0 unspecified atom stereocenters. The lowest BCUT2D eigenvalue weighted by Crippen LogP contribution is -2.43. The third-order valence-electron chi connectivity index (χ3n) is 4.57. The molecule has 2 amide bonds. The lowest BCUT2D eigenvalue weighted by Gasteiger charge is -2.15. The number of carbonyl (C=O) groups excluding carboxylic acids is 2. The standard InChI is InChI=1S/C20H20ClFN2O2/c21-16-3-1-2-14(12-16)8-11-23-18(25)20(9-10-20)19(26)24-13-15-4-6-17(22)7-5-15/h1-7,12H,8-11,13H2,(H,23,25)(H,24,26). The number of halogens is 2. The van der Waals surface area contributed by atoms with Crippen LogP contribution in [0.25, 0.3) is 0 Å². The Bertz CT molecular complexity index is 804. The maximum absolute atomic E-state index is 12.9. The monoisotopic (exact) mass is 374 g/mol. The number of hydrogen-bond donors (Lipinski definition) is 2. The molecule has 136 valence electrons. The van der Waals surface area contributed by atoms with Crippen LogP contribution in [-0.2, 0) is 22.6 Å². The summed E-state index contributed by atoms with van der Waals surface area (Å²) in [6.07, 6.45) is 1.75. The van der Waals surface area contributed by atoms with Gasteiger partial charge in [-0.25, -0.2) is 4.39 Å². The number of nitrogens with one attached hydrogen (secondary N) is 2. The van der Waals surface area contributed by atoms with Crippen LogP contribution in [0.4, 0.5) is 4.39 Å². The molecule has 2 N–H and O–H groups in total. The summed E-state index contributed by atoms with van der Waals surface area (Å²) in [7, 11) is 0. The van der Waals surface area contributed by atoms with Crippen LogP contribution in [0, 0.1) is 11.2 Å². The fourth-order valence-electron chi connectivity index (χ4n) is 2.82. The van der Waals surface area contributed by atoms with Crippen molar-refractivity contribution in [3.05, 3.63) is 70.5 Å². The topological polar surface area (TPSA) is 58.2 Å². The third-order valence-corrected chi connectivity index (χ3v) is 4.81. The number of carbonyl (C=O) groups is 2. The lowest BCUT2D eigenvalue weighted by molar-refractivity contribution is -0.137. The molecule has 1 fully saturated rings. The molecule has 0 spiro atoms. The maximum atomic E-state index is 12.9. The Balaban J connectivity index is 1.48. The molecule has 2 aromatic rings. The van der Waals surface area contributed by atoms with Crippen LogP contribution >= 0.6 is 11.6 Å². The van der Waals surface area contributed by atoms with E-state index in [-0.39, 0.29) is 24.2 Å². The molecule has 1 aliphatic carbocycles. The molecule has 4 nitrogen and oxygen atoms in total. The van der Waals surface area contributed by atoms with Crippen LogP contribution in [0.2, 0.25) is 5.02 Å².